The fourth-order valence-corrected chi connectivity index (χ4v) is 4.74. The number of nitrogens with one attached hydrogen (secondary N) is 1. The summed E-state index contributed by atoms with van der Waals surface area (Å²) in [5.74, 6) is 0.0376. The molecule has 3 fully saturated rings. The van der Waals surface area contributed by atoms with Crippen LogP contribution in [0.15, 0.2) is 0 Å². The summed E-state index contributed by atoms with van der Waals surface area (Å²) in [4.78, 5) is 44.3. The largest absolute Gasteiger partial charge is 0.341 e. The molecule has 3 aliphatic heterocycles. The van der Waals surface area contributed by atoms with Gasteiger partial charge in [-0.2, -0.15) is 0 Å². The first kappa shape index (κ1) is 21.1. The van der Waals surface area contributed by atoms with E-state index in [2.05, 4.69) is 37.9 Å². The minimum Gasteiger partial charge on any atom is -0.341 e. The van der Waals surface area contributed by atoms with Gasteiger partial charge < -0.3 is 15.1 Å². The van der Waals surface area contributed by atoms with E-state index in [9.17, 15) is 14.4 Å². The third-order valence-electron chi connectivity index (χ3n) is 6.24. The summed E-state index contributed by atoms with van der Waals surface area (Å²) >= 11 is 0. The van der Waals surface area contributed by atoms with Gasteiger partial charge in [-0.15, -0.1) is 0 Å². The Kier molecular flexibility index (Phi) is 6.03. The van der Waals surface area contributed by atoms with Crippen molar-refractivity contribution in [2.75, 3.05) is 32.7 Å². The van der Waals surface area contributed by atoms with Crippen molar-refractivity contribution in [2.24, 2.45) is 5.41 Å². The summed E-state index contributed by atoms with van der Waals surface area (Å²) in [6.07, 6.45) is 4.53. The van der Waals surface area contributed by atoms with Crippen molar-refractivity contribution in [3.8, 4) is 0 Å². The van der Waals surface area contributed by atoms with Crippen LogP contribution in [0.1, 0.15) is 66.2 Å². The van der Waals surface area contributed by atoms with E-state index in [4.69, 9.17) is 0 Å². The minimum atomic E-state index is -0.737. The third-order valence-corrected chi connectivity index (χ3v) is 6.24. The van der Waals surface area contributed by atoms with Crippen LogP contribution in [0.25, 0.3) is 0 Å². The number of likely N-dealkylation sites (tertiary alicyclic amines) is 2. The fraction of sp³-hybridized carbons (Fsp3) is 0.857. The fourth-order valence-electron chi connectivity index (χ4n) is 4.74. The lowest BCUT2D eigenvalue weighted by atomic mass is 9.87. The second kappa shape index (κ2) is 8.01. The zero-order chi connectivity index (χ0) is 20.5. The van der Waals surface area contributed by atoms with Gasteiger partial charge in [0, 0.05) is 32.6 Å². The van der Waals surface area contributed by atoms with Crippen LogP contribution < -0.4 is 5.32 Å². The molecule has 4 amide bonds. The number of urea groups is 1. The van der Waals surface area contributed by atoms with Gasteiger partial charge in [-0.25, -0.2) is 4.79 Å². The van der Waals surface area contributed by atoms with E-state index in [0.29, 0.717) is 32.4 Å². The molecular weight excluding hydrogens is 356 g/mol. The predicted octanol–water partition coefficient (Wildman–Crippen LogP) is 2.21. The monoisotopic (exact) mass is 392 g/mol. The molecule has 1 atom stereocenters. The lowest BCUT2D eigenvalue weighted by Crippen LogP contribution is -2.56. The number of piperidine rings is 2. The Balaban J connectivity index is 1.66. The third kappa shape index (κ3) is 4.34. The minimum absolute atomic E-state index is 0.0681. The van der Waals surface area contributed by atoms with E-state index >= 15 is 0 Å². The summed E-state index contributed by atoms with van der Waals surface area (Å²) in [5.41, 5.74) is -0.805. The second-order valence-electron chi connectivity index (χ2n) is 9.90. The molecule has 3 rings (SSSR count). The maximum absolute atomic E-state index is 13.3. The Morgan fingerprint density at radius 3 is 2.46 bits per heavy atom. The molecular formula is C21H36N4O3. The molecule has 1 spiro atoms. The van der Waals surface area contributed by atoms with Crippen molar-refractivity contribution < 1.29 is 14.4 Å². The SMILES string of the molecule is CCCN1CCC2(CC1)NC(=O)N([C@H]1CCCN(C(=O)CC(C)(C)C)C1)C2=O. The Labute approximate surface area is 168 Å². The first-order valence-corrected chi connectivity index (χ1v) is 10.8. The highest BCUT2D eigenvalue weighted by molar-refractivity contribution is 6.07. The molecule has 0 aromatic heterocycles. The van der Waals surface area contributed by atoms with Gasteiger partial charge in [0.25, 0.3) is 5.91 Å². The zero-order valence-electron chi connectivity index (χ0n) is 17.9. The molecule has 3 aliphatic rings. The zero-order valence-corrected chi connectivity index (χ0v) is 17.9. The van der Waals surface area contributed by atoms with Crippen LogP contribution in [-0.4, -0.2) is 76.8 Å². The van der Waals surface area contributed by atoms with Crippen LogP contribution >= 0.6 is 0 Å². The lowest BCUT2D eigenvalue weighted by Gasteiger charge is -2.39. The molecule has 0 radical (unpaired) electrons. The van der Waals surface area contributed by atoms with Crippen LogP contribution in [0.2, 0.25) is 0 Å². The van der Waals surface area contributed by atoms with Gasteiger partial charge in [0.15, 0.2) is 0 Å². The van der Waals surface area contributed by atoms with Crippen LogP contribution in [-0.2, 0) is 9.59 Å². The summed E-state index contributed by atoms with van der Waals surface area (Å²) in [7, 11) is 0. The van der Waals surface area contributed by atoms with Crippen molar-refractivity contribution in [3.63, 3.8) is 0 Å². The summed E-state index contributed by atoms with van der Waals surface area (Å²) in [5, 5.41) is 3.02. The van der Waals surface area contributed by atoms with Crippen molar-refractivity contribution in [3.05, 3.63) is 0 Å². The standard InChI is InChI=1S/C21H36N4O3/c1-5-10-23-12-8-21(9-13-23)18(27)25(19(28)22-21)16-7-6-11-24(15-16)17(26)14-20(2,3)4/h16H,5-15H2,1-4H3,(H,22,28)/t16-/m0/s1. The number of hydrogen-bond donors (Lipinski definition) is 1. The smallest absolute Gasteiger partial charge is 0.325 e. The summed E-state index contributed by atoms with van der Waals surface area (Å²) in [6.45, 7) is 12.2. The highest BCUT2D eigenvalue weighted by Crippen LogP contribution is 2.32. The van der Waals surface area contributed by atoms with Gasteiger partial charge in [-0.05, 0) is 44.1 Å². The number of amides is 4. The maximum atomic E-state index is 13.3. The van der Waals surface area contributed by atoms with Gasteiger partial charge in [-0.3, -0.25) is 14.5 Å². The number of carbonyl (C=O) groups is 3. The normalized spacial score (nSPS) is 26.1. The van der Waals surface area contributed by atoms with E-state index in [-0.39, 0.29) is 29.3 Å². The Hall–Kier alpha value is -1.63. The molecule has 158 valence electrons. The molecule has 0 unspecified atom stereocenters. The van der Waals surface area contributed by atoms with Crippen molar-refractivity contribution in [2.45, 2.75) is 77.8 Å². The summed E-state index contributed by atoms with van der Waals surface area (Å²) in [6, 6.07) is -0.484. The molecule has 1 N–H and O–H groups in total. The molecule has 0 bridgehead atoms. The van der Waals surface area contributed by atoms with Crippen LogP contribution in [0.3, 0.4) is 0 Å². The number of rotatable bonds is 4. The first-order chi connectivity index (χ1) is 13.1. The highest BCUT2D eigenvalue weighted by atomic mass is 16.2. The molecule has 3 heterocycles. The molecule has 28 heavy (non-hydrogen) atoms. The van der Waals surface area contributed by atoms with Crippen molar-refractivity contribution in [1.29, 1.82) is 0 Å². The van der Waals surface area contributed by atoms with E-state index in [0.717, 1.165) is 38.9 Å². The topological polar surface area (TPSA) is 73.0 Å². The van der Waals surface area contributed by atoms with E-state index < -0.39 is 5.54 Å². The number of nitrogens with zero attached hydrogens (tertiary/aromatic N) is 3. The number of carbonyl (C=O) groups excluding carboxylic acids is 3. The van der Waals surface area contributed by atoms with Gasteiger partial charge in [0.05, 0.1) is 6.04 Å². The Morgan fingerprint density at radius 2 is 1.86 bits per heavy atom. The quantitative estimate of drug-likeness (QED) is 0.745. The molecule has 0 aliphatic carbocycles. The van der Waals surface area contributed by atoms with Gasteiger partial charge in [-0.1, -0.05) is 27.7 Å². The van der Waals surface area contributed by atoms with E-state index in [1.807, 2.05) is 4.90 Å². The Morgan fingerprint density at radius 1 is 1.18 bits per heavy atom. The van der Waals surface area contributed by atoms with Gasteiger partial charge >= 0.3 is 6.03 Å². The molecule has 7 heteroatoms. The lowest BCUT2D eigenvalue weighted by molar-refractivity contribution is -0.140. The molecule has 0 aromatic carbocycles. The predicted molar refractivity (Wildman–Crippen MR) is 108 cm³/mol. The average Bonchev–Trinajstić information content (AvgIpc) is 2.86. The maximum Gasteiger partial charge on any atom is 0.325 e. The molecule has 7 nitrogen and oxygen atoms in total. The Bertz CT molecular complexity index is 620. The van der Waals surface area contributed by atoms with Gasteiger partial charge in [0.2, 0.25) is 5.91 Å². The second-order valence-corrected chi connectivity index (χ2v) is 9.90. The molecule has 0 saturated carbocycles. The van der Waals surface area contributed by atoms with E-state index in [1.54, 1.807) is 0 Å². The van der Waals surface area contributed by atoms with Gasteiger partial charge in [0.1, 0.15) is 5.54 Å². The van der Waals surface area contributed by atoms with Crippen LogP contribution in [0.5, 0.6) is 0 Å². The molecule has 0 aromatic rings. The first-order valence-electron chi connectivity index (χ1n) is 10.8. The summed E-state index contributed by atoms with van der Waals surface area (Å²) < 4.78 is 0. The average molecular weight is 393 g/mol. The highest BCUT2D eigenvalue weighted by Gasteiger charge is 2.54. The van der Waals surface area contributed by atoms with Crippen molar-refractivity contribution >= 4 is 17.8 Å². The number of imide groups is 1. The van der Waals surface area contributed by atoms with Crippen molar-refractivity contribution in [1.82, 2.24) is 20.0 Å². The van der Waals surface area contributed by atoms with Crippen LogP contribution in [0.4, 0.5) is 4.79 Å². The molecule has 3 saturated heterocycles. The van der Waals surface area contributed by atoms with Crippen LogP contribution in [0, 0.1) is 5.41 Å². The van der Waals surface area contributed by atoms with E-state index in [1.165, 1.54) is 4.90 Å². The number of hydrogen-bond acceptors (Lipinski definition) is 4.